The first-order chi connectivity index (χ1) is 44.7. The van der Waals surface area contributed by atoms with Crippen LogP contribution in [-0.4, -0.2) is 96.7 Å². The first-order valence-electron chi connectivity index (χ1n) is 38.3. The molecule has 0 saturated heterocycles. The fourth-order valence-electron chi connectivity index (χ4n) is 11.2. The third kappa shape index (κ3) is 68.4. The van der Waals surface area contributed by atoms with Crippen molar-refractivity contribution in [1.82, 2.24) is 0 Å². The predicted molar refractivity (Wildman–Crippen MR) is 377 cm³/mol. The van der Waals surface area contributed by atoms with Crippen LogP contribution in [0.2, 0.25) is 0 Å². The Morgan fingerprint density at radius 1 is 0.290 bits per heavy atom. The summed E-state index contributed by atoms with van der Waals surface area (Å²) in [6.07, 6.45) is 49.9. The Kier molecular flexibility index (Phi) is 63.4. The zero-order chi connectivity index (χ0) is 68.7. The van der Waals surface area contributed by atoms with Gasteiger partial charge in [-0.1, -0.05) is 325 Å². The quantitative estimate of drug-likeness (QED) is 0.0222. The Hall–Kier alpha value is -1.94. The van der Waals surface area contributed by atoms with Crippen molar-refractivity contribution in [3.8, 4) is 0 Å². The smallest absolute Gasteiger partial charge is 0.462 e. The van der Waals surface area contributed by atoms with E-state index in [2.05, 4.69) is 48.5 Å². The lowest BCUT2D eigenvalue weighted by molar-refractivity contribution is -0.161. The molecule has 93 heavy (non-hydrogen) atoms. The number of rotatable bonds is 72. The number of unbranched alkanes of at least 4 members (excludes halogenated alkanes) is 40. The van der Waals surface area contributed by atoms with Crippen molar-refractivity contribution >= 4 is 39.5 Å². The molecule has 0 saturated carbocycles. The molecule has 2 unspecified atom stereocenters. The van der Waals surface area contributed by atoms with Gasteiger partial charge in [0.2, 0.25) is 0 Å². The fourth-order valence-corrected chi connectivity index (χ4v) is 12.8. The maximum atomic E-state index is 13.1. The molecule has 17 nitrogen and oxygen atoms in total. The molecule has 0 aromatic heterocycles. The van der Waals surface area contributed by atoms with Crippen molar-refractivity contribution in [2.75, 3.05) is 39.6 Å². The molecule has 0 amide bonds. The van der Waals surface area contributed by atoms with E-state index in [0.29, 0.717) is 25.7 Å². The Labute approximate surface area is 568 Å². The van der Waals surface area contributed by atoms with Crippen LogP contribution in [0.25, 0.3) is 0 Å². The molecule has 0 rings (SSSR count). The van der Waals surface area contributed by atoms with Crippen molar-refractivity contribution in [3.05, 3.63) is 0 Å². The normalized spacial score (nSPS) is 14.1. The number of carbonyl (C=O) groups excluding carboxylic acids is 4. The molecule has 19 heteroatoms. The molecule has 0 aromatic rings. The first-order valence-corrected chi connectivity index (χ1v) is 41.3. The minimum absolute atomic E-state index is 0.106. The van der Waals surface area contributed by atoms with E-state index in [0.717, 1.165) is 114 Å². The van der Waals surface area contributed by atoms with E-state index in [9.17, 15) is 43.2 Å². The highest BCUT2D eigenvalue weighted by Gasteiger charge is 2.30. The van der Waals surface area contributed by atoms with Gasteiger partial charge in [0, 0.05) is 25.7 Å². The lowest BCUT2D eigenvalue weighted by Crippen LogP contribution is -2.30. The van der Waals surface area contributed by atoms with Crippen molar-refractivity contribution in [3.63, 3.8) is 0 Å². The topological polar surface area (TPSA) is 237 Å². The van der Waals surface area contributed by atoms with Gasteiger partial charge in [-0.05, 0) is 43.4 Å². The van der Waals surface area contributed by atoms with E-state index in [1.54, 1.807) is 0 Å². The number of aliphatic hydroxyl groups excluding tert-OH is 1. The van der Waals surface area contributed by atoms with Gasteiger partial charge in [0.1, 0.15) is 19.3 Å². The number of phosphoric acid groups is 2. The van der Waals surface area contributed by atoms with Crippen molar-refractivity contribution in [2.45, 2.75) is 394 Å². The van der Waals surface area contributed by atoms with Gasteiger partial charge in [-0.25, -0.2) is 9.13 Å². The Balaban J connectivity index is 5.23. The summed E-state index contributed by atoms with van der Waals surface area (Å²) < 4.78 is 68.4. The summed E-state index contributed by atoms with van der Waals surface area (Å²) in [4.78, 5) is 72.7. The summed E-state index contributed by atoms with van der Waals surface area (Å²) in [6.45, 7) is 11.9. The lowest BCUT2D eigenvalue weighted by Gasteiger charge is -2.21. The zero-order valence-corrected chi connectivity index (χ0v) is 62.5. The summed E-state index contributed by atoms with van der Waals surface area (Å²) in [6, 6.07) is 0. The standard InChI is InChI=1S/C74H144O17P2/c1-8-9-10-11-12-34-41-48-55-71(76)84-61-69(90-74(79)58-51-44-37-30-24-23-27-33-40-47-54-67(6)7)63-88-92(80,81)86-59-68(75)60-87-93(82,83)89-64-70(91-73(78)57-50-43-36-29-22-18-14-16-20-26-32-39-46-53-66(4)5)62-85-72(77)56-49-42-35-28-21-17-13-15-19-25-31-38-45-52-65(2)3/h65-70,75H,8-64H2,1-7H3,(H,80,81)(H,82,83)/t68-,69+,70+/m0/s1. The number of hydrogen-bond acceptors (Lipinski definition) is 15. The van der Waals surface area contributed by atoms with E-state index in [1.807, 2.05) is 0 Å². The van der Waals surface area contributed by atoms with Crippen LogP contribution >= 0.6 is 15.6 Å². The van der Waals surface area contributed by atoms with Crippen molar-refractivity contribution in [2.24, 2.45) is 17.8 Å². The summed E-state index contributed by atoms with van der Waals surface area (Å²) in [5.41, 5.74) is 0. The van der Waals surface area contributed by atoms with E-state index in [-0.39, 0.29) is 25.7 Å². The van der Waals surface area contributed by atoms with Gasteiger partial charge in [-0.15, -0.1) is 0 Å². The monoisotopic (exact) mass is 1370 g/mol. The first kappa shape index (κ1) is 91.1. The average molecular weight is 1370 g/mol. The molecular formula is C74H144O17P2. The molecule has 0 aliphatic rings. The highest BCUT2D eigenvalue weighted by molar-refractivity contribution is 7.47. The summed E-state index contributed by atoms with van der Waals surface area (Å²) in [5.74, 6) is 0.208. The van der Waals surface area contributed by atoms with E-state index in [1.165, 1.54) is 180 Å². The SMILES string of the molecule is CCCCCCCCCCC(=O)OC[C@H](COP(=O)(O)OC[C@H](O)COP(=O)(O)OC[C@@H](COC(=O)CCCCCCCCCCCCCCCC(C)C)OC(=O)CCCCCCCCCCCCCCCC(C)C)OC(=O)CCCCCCCCCCCCC(C)C. The molecule has 0 bridgehead atoms. The third-order valence-electron chi connectivity index (χ3n) is 17.1. The largest absolute Gasteiger partial charge is 0.472 e. The fraction of sp³-hybridized carbons (Fsp3) is 0.946. The Bertz CT molecular complexity index is 1820. The average Bonchev–Trinajstić information content (AvgIpc) is 2.26. The maximum Gasteiger partial charge on any atom is 0.472 e. The van der Waals surface area contributed by atoms with E-state index in [4.69, 9.17) is 37.0 Å². The number of ether oxygens (including phenoxy) is 4. The molecule has 5 atom stereocenters. The molecular weight excluding hydrogens is 1220 g/mol. The third-order valence-corrected chi connectivity index (χ3v) is 19.0. The van der Waals surface area contributed by atoms with Crippen LogP contribution in [0.15, 0.2) is 0 Å². The summed E-state index contributed by atoms with van der Waals surface area (Å²) >= 11 is 0. The van der Waals surface area contributed by atoms with Gasteiger partial charge in [0.25, 0.3) is 0 Å². The van der Waals surface area contributed by atoms with Gasteiger partial charge < -0.3 is 33.8 Å². The van der Waals surface area contributed by atoms with E-state index >= 15 is 0 Å². The van der Waals surface area contributed by atoms with Crippen molar-refractivity contribution < 1.29 is 80.2 Å². The molecule has 0 radical (unpaired) electrons. The Morgan fingerprint density at radius 3 is 0.731 bits per heavy atom. The molecule has 0 heterocycles. The lowest BCUT2D eigenvalue weighted by atomic mass is 10.0. The molecule has 0 aromatic carbocycles. The number of carbonyl (C=O) groups is 4. The summed E-state index contributed by atoms with van der Waals surface area (Å²) in [5, 5.41) is 10.6. The van der Waals surface area contributed by atoms with Gasteiger partial charge in [-0.2, -0.15) is 0 Å². The molecule has 3 N–H and O–H groups in total. The Morgan fingerprint density at radius 2 is 0.495 bits per heavy atom. The van der Waals surface area contributed by atoms with Gasteiger partial charge in [-0.3, -0.25) is 37.3 Å². The van der Waals surface area contributed by atoms with Crippen LogP contribution in [0.5, 0.6) is 0 Å². The molecule has 0 aliphatic carbocycles. The van der Waals surface area contributed by atoms with Crippen LogP contribution in [0.3, 0.4) is 0 Å². The summed E-state index contributed by atoms with van der Waals surface area (Å²) in [7, 11) is -9.91. The number of hydrogen-bond donors (Lipinski definition) is 3. The van der Waals surface area contributed by atoms with Crippen LogP contribution in [0, 0.1) is 17.8 Å². The van der Waals surface area contributed by atoms with Crippen LogP contribution in [-0.2, 0) is 65.4 Å². The van der Waals surface area contributed by atoms with Crippen LogP contribution in [0.4, 0.5) is 0 Å². The number of phosphoric ester groups is 2. The van der Waals surface area contributed by atoms with Crippen molar-refractivity contribution in [1.29, 1.82) is 0 Å². The predicted octanol–water partition coefficient (Wildman–Crippen LogP) is 21.4. The molecule has 552 valence electrons. The van der Waals surface area contributed by atoms with E-state index < -0.39 is 97.5 Å². The minimum atomic E-state index is -4.96. The highest BCUT2D eigenvalue weighted by Crippen LogP contribution is 2.45. The number of aliphatic hydroxyl groups is 1. The molecule has 0 spiro atoms. The maximum absolute atomic E-state index is 13.1. The van der Waals surface area contributed by atoms with Crippen LogP contribution < -0.4 is 0 Å². The van der Waals surface area contributed by atoms with Gasteiger partial charge in [0.05, 0.1) is 26.4 Å². The van der Waals surface area contributed by atoms with Gasteiger partial charge >= 0.3 is 39.5 Å². The molecule has 0 aliphatic heterocycles. The second-order valence-corrected chi connectivity index (χ2v) is 31.0. The number of esters is 4. The highest BCUT2D eigenvalue weighted by atomic mass is 31.2. The minimum Gasteiger partial charge on any atom is -0.462 e. The van der Waals surface area contributed by atoms with Crippen LogP contribution in [0.1, 0.15) is 376 Å². The zero-order valence-electron chi connectivity index (χ0n) is 60.7. The second kappa shape index (κ2) is 64.7. The van der Waals surface area contributed by atoms with Gasteiger partial charge in [0.15, 0.2) is 12.2 Å². The molecule has 0 fully saturated rings. The second-order valence-electron chi connectivity index (χ2n) is 28.1.